The zero-order valence-electron chi connectivity index (χ0n) is 17.1. The molecule has 4 atom stereocenters. The number of hydrogen-bond donors (Lipinski definition) is 3. The van der Waals surface area contributed by atoms with Gasteiger partial charge in [-0.3, -0.25) is 9.36 Å². The molecule has 1 amide bonds. The first kappa shape index (κ1) is 20.8. The van der Waals surface area contributed by atoms with Crippen LogP contribution in [0.2, 0.25) is 0 Å². The van der Waals surface area contributed by atoms with Crippen LogP contribution < -0.4 is 16.8 Å². The van der Waals surface area contributed by atoms with Crippen LogP contribution in [0, 0.1) is 17.2 Å². The van der Waals surface area contributed by atoms with E-state index in [0.717, 1.165) is 22.2 Å². The Hall–Kier alpha value is -3.41. The highest BCUT2D eigenvalue weighted by Crippen LogP contribution is 2.26. The Balaban J connectivity index is 1.44. The molecular weight excluding hydrogens is 396 g/mol. The summed E-state index contributed by atoms with van der Waals surface area (Å²) in [6.45, 7) is 0. The molecule has 1 aromatic heterocycles. The van der Waals surface area contributed by atoms with Crippen molar-refractivity contribution >= 4 is 17.0 Å². The van der Waals surface area contributed by atoms with E-state index in [2.05, 4.69) is 11.4 Å². The molecular formula is C23H24N4O4. The molecule has 1 saturated carbocycles. The summed E-state index contributed by atoms with van der Waals surface area (Å²) in [5, 5.41) is 22.0. The van der Waals surface area contributed by atoms with Gasteiger partial charge in [0.25, 0.3) is 0 Å². The zero-order valence-corrected chi connectivity index (χ0v) is 17.1. The Bertz CT molecular complexity index is 1200. The first-order chi connectivity index (χ1) is 14.9. The number of nitrogens with two attached hydrogens (primary N) is 1. The SMILES string of the molecule is Cn1c(=O)oc2ccc(-c3ccc(CC(C#N)NC(=O)C4CC(N)C(O)C4)cc3)cc21. The molecule has 1 heterocycles. The lowest BCUT2D eigenvalue weighted by Crippen LogP contribution is -2.39. The van der Waals surface area contributed by atoms with Crippen LogP contribution in [-0.2, 0) is 18.3 Å². The Morgan fingerprint density at radius 2 is 2.00 bits per heavy atom. The van der Waals surface area contributed by atoms with Gasteiger partial charge in [-0.05, 0) is 41.7 Å². The van der Waals surface area contributed by atoms with E-state index in [1.165, 1.54) is 4.57 Å². The van der Waals surface area contributed by atoms with Crippen LogP contribution in [0.1, 0.15) is 18.4 Å². The van der Waals surface area contributed by atoms with Gasteiger partial charge < -0.3 is 20.6 Å². The van der Waals surface area contributed by atoms with E-state index in [4.69, 9.17) is 10.2 Å². The number of aryl methyl sites for hydroxylation is 1. The van der Waals surface area contributed by atoms with Crippen LogP contribution in [0.4, 0.5) is 0 Å². The Morgan fingerprint density at radius 3 is 2.65 bits per heavy atom. The van der Waals surface area contributed by atoms with Crippen molar-refractivity contribution in [3.05, 3.63) is 58.6 Å². The van der Waals surface area contributed by atoms with E-state index in [1.54, 1.807) is 13.1 Å². The number of benzene rings is 2. The molecule has 0 aliphatic heterocycles. The molecule has 0 bridgehead atoms. The molecule has 8 heteroatoms. The van der Waals surface area contributed by atoms with Crippen LogP contribution in [0.5, 0.6) is 0 Å². The molecule has 0 radical (unpaired) electrons. The first-order valence-electron chi connectivity index (χ1n) is 10.2. The van der Waals surface area contributed by atoms with Gasteiger partial charge in [-0.15, -0.1) is 0 Å². The predicted octanol–water partition coefficient (Wildman–Crippen LogP) is 1.45. The minimum absolute atomic E-state index is 0.241. The van der Waals surface area contributed by atoms with Crippen molar-refractivity contribution in [1.82, 2.24) is 9.88 Å². The van der Waals surface area contributed by atoms with E-state index in [9.17, 15) is 20.0 Å². The fourth-order valence-corrected chi connectivity index (χ4v) is 4.06. The van der Waals surface area contributed by atoms with Gasteiger partial charge in [-0.25, -0.2) is 4.79 Å². The van der Waals surface area contributed by atoms with Crippen molar-refractivity contribution in [3.63, 3.8) is 0 Å². The molecule has 1 fully saturated rings. The van der Waals surface area contributed by atoms with Crippen molar-refractivity contribution in [2.45, 2.75) is 37.5 Å². The summed E-state index contributed by atoms with van der Waals surface area (Å²) in [5.74, 6) is -1.01. The number of aliphatic hydroxyl groups is 1. The molecule has 4 N–H and O–H groups in total. The summed E-state index contributed by atoms with van der Waals surface area (Å²) < 4.78 is 6.63. The summed E-state index contributed by atoms with van der Waals surface area (Å²) in [4.78, 5) is 24.1. The number of aliphatic hydroxyl groups excluding tert-OH is 1. The number of rotatable bonds is 5. The standard InChI is InChI=1S/C23H24N4O4/c1-27-19-10-15(6-7-21(19)31-23(27)30)14-4-2-13(3-5-14)8-17(12-24)26-22(29)16-9-18(25)20(28)11-16/h2-7,10,16-18,20,28H,8-9,11,25H2,1H3,(H,26,29). The maximum atomic E-state index is 12.4. The number of nitrogens with zero attached hydrogens (tertiary/aromatic N) is 2. The normalized spacial score (nSPS) is 21.7. The highest BCUT2D eigenvalue weighted by Gasteiger charge is 2.35. The summed E-state index contributed by atoms with van der Waals surface area (Å²) in [7, 11) is 1.66. The summed E-state index contributed by atoms with van der Waals surface area (Å²) in [5.41, 5.74) is 9.85. The number of oxazole rings is 1. The van der Waals surface area contributed by atoms with E-state index in [0.29, 0.717) is 24.8 Å². The van der Waals surface area contributed by atoms with Crippen LogP contribution in [0.3, 0.4) is 0 Å². The number of nitriles is 1. The largest absolute Gasteiger partial charge is 0.419 e. The van der Waals surface area contributed by atoms with E-state index in [1.807, 2.05) is 36.4 Å². The number of aromatic nitrogens is 1. The second-order valence-electron chi connectivity index (χ2n) is 8.10. The molecule has 3 aromatic rings. The van der Waals surface area contributed by atoms with Crippen molar-refractivity contribution in [2.75, 3.05) is 0 Å². The van der Waals surface area contributed by atoms with Gasteiger partial charge in [0, 0.05) is 25.4 Å². The Morgan fingerprint density at radius 1 is 1.29 bits per heavy atom. The molecule has 1 aliphatic rings. The van der Waals surface area contributed by atoms with Crippen LogP contribution in [-0.4, -0.2) is 33.8 Å². The van der Waals surface area contributed by atoms with Crippen LogP contribution in [0.15, 0.2) is 51.7 Å². The van der Waals surface area contributed by atoms with Gasteiger partial charge in [0.2, 0.25) is 5.91 Å². The lowest BCUT2D eigenvalue weighted by atomic mass is 10.00. The van der Waals surface area contributed by atoms with Gasteiger partial charge in [-0.1, -0.05) is 30.3 Å². The fourth-order valence-electron chi connectivity index (χ4n) is 4.06. The minimum atomic E-state index is -0.674. The van der Waals surface area contributed by atoms with Gasteiger partial charge in [-0.2, -0.15) is 5.26 Å². The monoisotopic (exact) mass is 420 g/mol. The third kappa shape index (κ3) is 4.24. The predicted molar refractivity (Wildman–Crippen MR) is 115 cm³/mol. The van der Waals surface area contributed by atoms with Gasteiger partial charge in [0.05, 0.1) is 17.7 Å². The van der Waals surface area contributed by atoms with Crippen molar-refractivity contribution < 1.29 is 14.3 Å². The zero-order chi connectivity index (χ0) is 22.1. The highest BCUT2D eigenvalue weighted by atomic mass is 16.4. The summed E-state index contributed by atoms with van der Waals surface area (Å²) >= 11 is 0. The highest BCUT2D eigenvalue weighted by molar-refractivity contribution is 5.81. The smallest absolute Gasteiger partial charge is 0.408 e. The number of amides is 1. The van der Waals surface area contributed by atoms with Crippen molar-refractivity contribution in [2.24, 2.45) is 18.7 Å². The molecule has 0 spiro atoms. The number of carbonyl (C=O) groups excluding carboxylic acids is 1. The average Bonchev–Trinajstić information content (AvgIpc) is 3.26. The molecule has 8 nitrogen and oxygen atoms in total. The van der Waals surface area contributed by atoms with Crippen LogP contribution >= 0.6 is 0 Å². The lowest BCUT2D eigenvalue weighted by molar-refractivity contribution is -0.125. The molecule has 1 aliphatic carbocycles. The fraction of sp³-hybridized carbons (Fsp3) is 0.348. The number of fused-ring (bicyclic) bond motifs is 1. The Labute approximate surface area is 178 Å². The molecule has 4 rings (SSSR count). The first-order valence-corrected chi connectivity index (χ1v) is 10.2. The van der Waals surface area contributed by atoms with Gasteiger partial charge in [0.15, 0.2) is 5.58 Å². The van der Waals surface area contributed by atoms with E-state index >= 15 is 0 Å². The van der Waals surface area contributed by atoms with Crippen LogP contribution in [0.25, 0.3) is 22.2 Å². The van der Waals surface area contributed by atoms with Gasteiger partial charge in [0.1, 0.15) is 6.04 Å². The van der Waals surface area contributed by atoms with E-state index < -0.39 is 23.9 Å². The van der Waals surface area contributed by atoms with Crippen molar-refractivity contribution in [1.29, 1.82) is 5.26 Å². The maximum Gasteiger partial charge on any atom is 0.419 e. The van der Waals surface area contributed by atoms with Gasteiger partial charge >= 0.3 is 5.76 Å². The summed E-state index contributed by atoms with van der Waals surface area (Å²) in [6.07, 6.45) is 0.449. The molecule has 0 saturated heterocycles. The molecule has 2 aromatic carbocycles. The minimum Gasteiger partial charge on any atom is -0.408 e. The number of hydrogen-bond acceptors (Lipinski definition) is 6. The quantitative estimate of drug-likeness (QED) is 0.572. The average molecular weight is 420 g/mol. The lowest BCUT2D eigenvalue weighted by Gasteiger charge is -2.15. The topological polar surface area (TPSA) is 134 Å². The maximum absolute atomic E-state index is 12.4. The number of nitrogens with one attached hydrogen (secondary N) is 1. The third-order valence-corrected chi connectivity index (χ3v) is 5.94. The van der Waals surface area contributed by atoms with Crippen molar-refractivity contribution in [3.8, 4) is 17.2 Å². The van der Waals surface area contributed by atoms with E-state index in [-0.39, 0.29) is 11.8 Å². The number of carbonyl (C=O) groups is 1. The Kier molecular flexibility index (Phi) is 5.63. The molecule has 160 valence electrons. The third-order valence-electron chi connectivity index (χ3n) is 5.94. The summed E-state index contributed by atoms with van der Waals surface area (Å²) in [6, 6.07) is 14.3. The molecule has 4 unspecified atom stereocenters. The second kappa shape index (κ2) is 8.38. The molecule has 31 heavy (non-hydrogen) atoms. The second-order valence-corrected chi connectivity index (χ2v) is 8.10.